The molecule has 0 aliphatic rings. The lowest BCUT2D eigenvalue weighted by Gasteiger charge is -2.11. The van der Waals surface area contributed by atoms with Gasteiger partial charge in [-0.3, -0.25) is 0 Å². The summed E-state index contributed by atoms with van der Waals surface area (Å²) in [4.78, 5) is 0. The van der Waals surface area contributed by atoms with Gasteiger partial charge in [-0.15, -0.1) is 11.3 Å². The van der Waals surface area contributed by atoms with Crippen LogP contribution in [0.4, 0.5) is 0 Å². The lowest BCUT2D eigenvalue weighted by atomic mass is 9.98. The fourth-order valence-corrected chi connectivity index (χ4v) is 9.28. The zero-order valence-corrected chi connectivity index (χ0v) is 28.3. The molecule has 3 heteroatoms. The van der Waals surface area contributed by atoms with E-state index in [0.29, 0.717) is 0 Å². The van der Waals surface area contributed by atoms with Crippen molar-refractivity contribution in [1.82, 2.24) is 4.57 Å². The highest BCUT2D eigenvalue weighted by molar-refractivity contribution is 7.26. The normalized spacial score (nSPS) is 11.9. The number of benzene rings is 8. The molecule has 11 rings (SSSR count). The summed E-state index contributed by atoms with van der Waals surface area (Å²) in [5.74, 6) is 0. The molecule has 0 atom stereocenters. The molecular formula is C48H29NOS. The van der Waals surface area contributed by atoms with Crippen LogP contribution in [-0.4, -0.2) is 4.57 Å². The van der Waals surface area contributed by atoms with Gasteiger partial charge in [-0.2, -0.15) is 0 Å². The number of thiophene rings is 1. The number of para-hydroxylation sites is 1. The first-order valence-corrected chi connectivity index (χ1v) is 18.2. The van der Waals surface area contributed by atoms with E-state index in [1.807, 2.05) is 23.5 Å². The van der Waals surface area contributed by atoms with Crippen molar-refractivity contribution >= 4 is 75.3 Å². The minimum Gasteiger partial charge on any atom is -0.456 e. The van der Waals surface area contributed by atoms with Crippen molar-refractivity contribution in [3.05, 3.63) is 176 Å². The monoisotopic (exact) mass is 667 g/mol. The molecule has 0 saturated heterocycles. The van der Waals surface area contributed by atoms with Gasteiger partial charge >= 0.3 is 0 Å². The van der Waals surface area contributed by atoms with Crippen LogP contribution in [0.15, 0.2) is 180 Å². The van der Waals surface area contributed by atoms with E-state index in [4.69, 9.17) is 4.42 Å². The van der Waals surface area contributed by atoms with Gasteiger partial charge in [-0.1, -0.05) is 121 Å². The van der Waals surface area contributed by atoms with Crippen LogP contribution in [0.3, 0.4) is 0 Å². The minimum atomic E-state index is 0.918. The van der Waals surface area contributed by atoms with Crippen molar-refractivity contribution < 1.29 is 4.42 Å². The average Bonchev–Trinajstić information content (AvgIpc) is 3.87. The smallest absolute Gasteiger partial charge is 0.136 e. The van der Waals surface area contributed by atoms with Crippen molar-refractivity contribution in [2.75, 3.05) is 0 Å². The summed E-state index contributed by atoms with van der Waals surface area (Å²) in [6.07, 6.45) is 0. The van der Waals surface area contributed by atoms with Crippen molar-refractivity contribution in [1.29, 1.82) is 0 Å². The molecule has 3 aromatic heterocycles. The molecule has 0 aliphatic carbocycles. The molecule has 11 aromatic rings. The SMILES string of the molecule is c1ccc(-c2ccc3c(c2)c2cc(-c4ccccc4)ccc2n3-c2cccc3c2sc2cccc(-c4ccc5c(c4)oc4ccccc45)c23)cc1. The van der Waals surface area contributed by atoms with Gasteiger partial charge in [0.25, 0.3) is 0 Å². The van der Waals surface area contributed by atoms with E-state index in [2.05, 4.69) is 168 Å². The van der Waals surface area contributed by atoms with E-state index in [9.17, 15) is 0 Å². The fourth-order valence-electron chi connectivity index (χ4n) is 8.05. The summed E-state index contributed by atoms with van der Waals surface area (Å²) in [5, 5.41) is 7.36. The largest absolute Gasteiger partial charge is 0.456 e. The number of nitrogens with zero attached hydrogens (tertiary/aromatic N) is 1. The van der Waals surface area contributed by atoms with Crippen LogP contribution in [0.1, 0.15) is 0 Å². The van der Waals surface area contributed by atoms with Crippen LogP contribution in [0.5, 0.6) is 0 Å². The average molecular weight is 668 g/mol. The van der Waals surface area contributed by atoms with Crippen LogP contribution in [-0.2, 0) is 0 Å². The molecule has 0 radical (unpaired) electrons. The summed E-state index contributed by atoms with van der Waals surface area (Å²) >= 11 is 1.88. The molecule has 0 fully saturated rings. The molecule has 51 heavy (non-hydrogen) atoms. The molecule has 0 unspecified atom stereocenters. The summed E-state index contributed by atoms with van der Waals surface area (Å²) in [6.45, 7) is 0. The van der Waals surface area contributed by atoms with Crippen molar-refractivity contribution in [2.24, 2.45) is 0 Å². The summed E-state index contributed by atoms with van der Waals surface area (Å²) in [5.41, 5.74) is 12.7. The Bertz CT molecular complexity index is 3030. The number of rotatable bonds is 4. The topological polar surface area (TPSA) is 18.1 Å². The second kappa shape index (κ2) is 11.0. The first-order chi connectivity index (χ1) is 25.3. The third kappa shape index (κ3) is 4.35. The van der Waals surface area contributed by atoms with E-state index < -0.39 is 0 Å². The van der Waals surface area contributed by atoms with Gasteiger partial charge in [-0.25, -0.2) is 0 Å². The van der Waals surface area contributed by atoms with E-state index in [1.54, 1.807) is 0 Å². The molecule has 0 spiro atoms. The first-order valence-electron chi connectivity index (χ1n) is 17.3. The maximum Gasteiger partial charge on any atom is 0.136 e. The standard InChI is InChI=1S/C48H29NOS/c1-3-11-30(12-4-1)32-22-25-41-39(27-32)40-28-33(31-13-5-2-6-14-31)23-26-42(40)49(41)43-18-9-17-38-47-35(16-10-20-46(47)51-48(38)43)34-21-24-37-36-15-7-8-19-44(36)50-45(37)29-34/h1-29H. The van der Waals surface area contributed by atoms with Gasteiger partial charge in [0, 0.05) is 37.0 Å². The molecule has 0 aliphatic heterocycles. The van der Waals surface area contributed by atoms with E-state index >= 15 is 0 Å². The third-order valence-corrected chi connectivity index (χ3v) is 11.6. The fraction of sp³-hybridized carbons (Fsp3) is 0. The predicted molar refractivity (Wildman–Crippen MR) is 217 cm³/mol. The van der Waals surface area contributed by atoms with Gasteiger partial charge < -0.3 is 8.98 Å². The van der Waals surface area contributed by atoms with Crippen molar-refractivity contribution in [3.63, 3.8) is 0 Å². The highest BCUT2D eigenvalue weighted by atomic mass is 32.1. The lowest BCUT2D eigenvalue weighted by molar-refractivity contribution is 0.669. The Balaban J connectivity index is 1.16. The maximum absolute atomic E-state index is 6.32. The Labute approximate surface area is 298 Å². The highest BCUT2D eigenvalue weighted by Crippen LogP contribution is 2.45. The van der Waals surface area contributed by atoms with Gasteiger partial charge in [0.2, 0.25) is 0 Å². The molecule has 3 heterocycles. The van der Waals surface area contributed by atoms with Crippen molar-refractivity contribution in [2.45, 2.75) is 0 Å². The number of hydrogen-bond acceptors (Lipinski definition) is 2. The van der Waals surface area contributed by atoms with Crippen molar-refractivity contribution in [3.8, 4) is 39.1 Å². The highest BCUT2D eigenvalue weighted by Gasteiger charge is 2.20. The van der Waals surface area contributed by atoms with Crippen LogP contribution < -0.4 is 0 Å². The molecule has 0 bridgehead atoms. The van der Waals surface area contributed by atoms with Gasteiger partial charge in [-0.05, 0) is 88.0 Å². The van der Waals surface area contributed by atoms with Crippen LogP contribution in [0, 0.1) is 0 Å². The quantitative estimate of drug-likeness (QED) is 0.183. The van der Waals surface area contributed by atoms with Crippen LogP contribution in [0.2, 0.25) is 0 Å². The Morgan fingerprint density at radius 1 is 0.392 bits per heavy atom. The Hall–Kier alpha value is -6.42. The lowest BCUT2D eigenvalue weighted by Crippen LogP contribution is -1.94. The summed E-state index contributed by atoms with van der Waals surface area (Å²) in [7, 11) is 0. The van der Waals surface area contributed by atoms with Gasteiger partial charge in [0.15, 0.2) is 0 Å². The zero-order valence-electron chi connectivity index (χ0n) is 27.5. The molecule has 0 saturated carbocycles. The van der Waals surface area contributed by atoms with Crippen LogP contribution in [0.25, 0.3) is 103 Å². The number of fused-ring (bicyclic) bond motifs is 9. The zero-order chi connectivity index (χ0) is 33.5. The second-order valence-corrected chi connectivity index (χ2v) is 14.3. The maximum atomic E-state index is 6.32. The molecule has 2 nitrogen and oxygen atoms in total. The summed E-state index contributed by atoms with van der Waals surface area (Å²) in [6, 6.07) is 63.7. The second-order valence-electron chi connectivity index (χ2n) is 13.3. The molecule has 0 N–H and O–H groups in total. The Morgan fingerprint density at radius 2 is 1.00 bits per heavy atom. The van der Waals surface area contributed by atoms with E-state index in [1.165, 1.54) is 75.5 Å². The molecule has 238 valence electrons. The summed E-state index contributed by atoms with van der Waals surface area (Å²) < 4.78 is 11.4. The van der Waals surface area contributed by atoms with Gasteiger partial charge in [0.1, 0.15) is 11.2 Å². The van der Waals surface area contributed by atoms with E-state index in [0.717, 1.165) is 27.5 Å². The Morgan fingerprint density at radius 3 is 1.73 bits per heavy atom. The first kappa shape index (κ1) is 28.4. The van der Waals surface area contributed by atoms with E-state index in [-0.39, 0.29) is 0 Å². The third-order valence-electron chi connectivity index (χ3n) is 10.4. The molecular weight excluding hydrogens is 639 g/mol. The van der Waals surface area contributed by atoms with Crippen LogP contribution >= 0.6 is 11.3 Å². The number of hydrogen-bond donors (Lipinski definition) is 0. The number of aromatic nitrogens is 1. The molecule has 8 aromatic carbocycles. The molecule has 0 amide bonds. The number of furan rings is 1. The Kier molecular flexibility index (Phi) is 6.16. The minimum absolute atomic E-state index is 0.918. The predicted octanol–water partition coefficient (Wildman–Crippen LogP) is 14.1. The van der Waals surface area contributed by atoms with Gasteiger partial charge in [0.05, 0.1) is 21.4 Å².